The molecule has 4 rings (SSSR count). The second kappa shape index (κ2) is 5.42. The molecule has 22 heavy (non-hydrogen) atoms. The summed E-state index contributed by atoms with van der Waals surface area (Å²) < 4.78 is 0. The predicted octanol–water partition coefficient (Wildman–Crippen LogP) is 2.59. The highest BCUT2D eigenvalue weighted by Gasteiger charge is 2.25. The van der Waals surface area contributed by atoms with E-state index in [9.17, 15) is 5.11 Å². The molecule has 2 N–H and O–H groups in total. The molecule has 0 amide bonds. The summed E-state index contributed by atoms with van der Waals surface area (Å²) in [6.45, 7) is 1.13. The Morgan fingerprint density at radius 2 is 2.18 bits per heavy atom. The van der Waals surface area contributed by atoms with E-state index in [1.165, 1.54) is 0 Å². The van der Waals surface area contributed by atoms with Crippen LogP contribution in [-0.2, 0) is 0 Å². The molecule has 112 valence electrons. The molecule has 0 bridgehead atoms. The summed E-state index contributed by atoms with van der Waals surface area (Å²) in [4.78, 5) is 6.68. The molecule has 2 aromatic heterocycles. The number of aromatic nitrogens is 3. The van der Waals surface area contributed by atoms with Crippen molar-refractivity contribution in [3.8, 4) is 11.3 Å². The molecule has 1 atom stereocenters. The summed E-state index contributed by atoms with van der Waals surface area (Å²) in [5, 5.41) is 18.1. The van der Waals surface area contributed by atoms with Crippen molar-refractivity contribution in [1.82, 2.24) is 15.2 Å². The summed E-state index contributed by atoms with van der Waals surface area (Å²) in [6, 6.07) is 12.3. The number of benzene rings is 1. The zero-order valence-corrected chi connectivity index (χ0v) is 12.2. The van der Waals surface area contributed by atoms with E-state index in [0.717, 1.165) is 47.4 Å². The van der Waals surface area contributed by atoms with E-state index >= 15 is 0 Å². The van der Waals surface area contributed by atoms with Gasteiger partial charge in [-0.1, -0.05) is 18.2 Å². The monoisotopic (exact) mass is 294 g/mol. The van der Waals surface area contributed by atoms with E-state index in [1.54, 1.807) is 0 Å². The molecule has 3 aromatic rings. The topological polar surface area (TPSA) is 65.0 Å². The van der Waals surface area contributed by atoms with Crippen LogP contribution in [-0.4, -0.2) is 39.5 Å². The van der Waals surface area contributed by atoms with Gasteiger partial charge < -0.3 is 10.0 Å². The SMILES string of the molecule is OC[C@@H]1CCCN1c1cc(-c2n[nH]c3ccccc23)ccn1. The number of H-pyrrole nitrogens is 1. The fourth-order valence-electron chi connectivity index (χ4n) is 3.23. The number of nitrogens with one attached hydrogen (secondary N) is 1. The third-order valence-corrected chi connectivity index (χ3v) is 4.37. The van der Waals surface area contributed by atoms with Crippen LogP contribution in [0.5, 0.6) is 0 Å². The first-order valence-corrected chi connectivity index (χ1v) is 7.64. The molecule has 0 radical (unpaired) electrons. The Hall–Kier alpha value is -2.40. The fraction of sp³-hybridized carbons (Fsp3) is 0.294. The maximum atomic E-state index is 9.51. The number of hydrogen-bond acceptors (Lipinski definition) is 4. The summed E-state index contributed by atoms with van der Waals surface area (Å²) in [5.74, 6) is 0.918. The number of para-hydroxylation sites is 1. The molecule has 1 aliphatic heterocycles. The van der Waals surface area contributed by atoms with Crippen LogP contribution in [0.3, 0.4) is 0 Å². The molecule has 1 aromatic carbocycles. The van der Waals surface area contributed by atoms with Gasteiger partial charge in [-0.3, -0.25) is 5.10 Å². The fourth-order valence-corrected chi connectivity index (χ4v) is 3.23. The van der Waals surface area contributed by atoms with Crippen molar-refractivity contribution in [2.24, 2.45) is 0 Å². The molecule has 5 heteroatoms. The second-order valence-corrected chi connectivity index (χ2v) is 5.69. The molecular weight excluding hydrogens is 276 g/mol. The van der Waals surface area contributed by atoms with E-state index < -0.39 is 0 Å². The Morgan fingerprint density at radius 1 is 1.27 bits per heavy atom. The predicted molar refractivity (Wildman–Crippen MR) is 86.8 cm³/mol. The lowest BCUT2D eigenvalue weighted by Crippen LogP contribution is -2.32. The highest BCUT2D eigenvalue weighted by molar-refractivity contribution is 5.93. The molecule has 0 saturated carbocycles. The van der Waals surface area contributed by atoms with Gasteiger partial charge in [-0.25, -0.2) is 4.98 Å². The van der Waals surface area contributed by atoms with Gasteiger partial charge in [0.1, 0.15) is 11.5 Å². The molecule has 0 unspecified atom stereocenters. The number of hydrogen-bond donors (Lipinski definition) is 2. The minimum Gasteiger partial charge on any atom is -0.394 e. The number of anilines is 1. The molecule has 1 saturated heterocycles. The van der Waals surface area contributed by atoms with Gasteiger partial charge in [-0.05, 0) is 31.0 Å². The lowest BCUT2D eigenvalue weighted by molar-refractivity contribution is 0.266. The third-order valence-electron chi connectivity index (χ3n) is 4.37. The summed E-state index contributed by atoms with van der Waals surface area (Å²) in [6.07, 6.45) is 3.94. The van der Waals surface area contributed by atoms with Gasteiger partial charge >= 0.3 is 0 Å². The van der Waals surface area contributed by atoms with Crippen LogP contribution < -0.4 is 4.90 Å². The minimum absolute atomic E-state index is 0.178. The van der Waals surface area contributed by atoms with Gasteiger partial charge in [0.2, 0.25) is 0 Å². The van der Waals surface area contributed by atoms with E-state index in [4.69, 9.17) is 0 Å². The molecule has 1 aliphatic rings. The molecular formula is C17H18N4O. The Labute approximate surface area is 128 Å². The standard InChI is InChI=1S/C17H18N4O/c22-11-13-4-3-9-21(13)16-10-12(7-8-18-16)17-14-5-1-2-6-15(14)19-20-17/h1-2,5-8,10,13,22H,3-4,9,11H2,(H,19,20)/t13-/m0/s1. The van der Waals surface area contributed by atoms with Crippen LogP contribution in [0.2, 0.25) is 0 Å². The smallest absolute Gasteiger partial charge is 0.129 e. The number of fused-ring (bicyclic) bond motifs is 1. The van der Waals surface area contributed by atoms with Crippen molar-refractivity contribution in [1.29, 1.82) is 0 Å². The van der Waals surface area contributed by atoms with Crippen molar-refractivity contribution in [3.63, 3.8) is 0 Å². The lowest BCUT2D eigenvalue weighted by Gasteiger charge is -2.24. The Bertz CT molecular complexity index is 798. The lowest BCUT2D eigenvalue weighted by atomic mass is 10.1. The van der Waals surface area contributed by atoms with Crippen LogP contribution in [0.1, 0.15) is 12.8 Å². The van der Waals surface area contributed by atoms with E-state index in [1.807, 2.05) is 30.5 Å². The molecule has 0 spiro atoms. The summed E-state index contributed by atoms with van der Waals surface area (Å²) >= 11 is 0. The number of aliphatic hydroxyl groups excluding tert-OH is 1. The van der Waals surface area contributed by atoms with Gasteiger partial charge in [-0.2, -0.15) is 5.10 Å². The maximum absolute atomic E-state index is 9.51. The van der Waals surface area contributed by atoms with Crippen molar-refractivity contribution in [2.45, 2.75) is 18.9 Å². The van der Waals surface area contributed by atoms with Crippen LogP contribution in [0.25, 0.3) is 22.2 Å². The molecule has 0 aliphatic carbocycles. The molecule has 1 fully saturated rings. The first kappa shape index (κ1) is 13.3. The first-order valence-electron chi connectivity index (χ1n) is 7.64. The van der Waals surface area contributed by atoms with Crippen molar-refractivity contribution >= 4 is 16.7 Å². The van der Waals surface area contributed by atoms with Crippen molar-refractivity contribution in [3.05, 3.63) is 42.6 Å². The second-order valence-electron chi connectivity index (χ2n) is 5.69. The van der Waals surface area contributed by atoms with Crippen LogP contribution in [0.4, 0.5) is 5.82 Å². The van der Waals surface area contributed by atoms with E-state index in [-0.39, 0.29) is 12.6 Å². The Kier molecular flexibility index (Phi) is 3.27. The Balaban J connectivity index is 1.76. The van der Waals surface area contributed by atoms with Crippen LogP contribution in [0.15, 0.2) is 42.6 Å². The number of pyridine rings is 1. The Morgan fingerprint density at radius 3 is 3.09 bits per heavy atom. The summed E-state index contributed by atoms with van der Waals surface area (Å²) in [7, 11) is 0. The van der Waals surface area contributed by atoms with Gasteiger partial charge in [0.15, 0.2) is 0 Å². The number of nitrogens with zero attached hydrogens (tertiary/aromatic N) is 3. The van der Waals surface area contributed by atoms with Crippen LogP contribution >= 0.6 is 0 Å². The highest BCUT2D eigenvalue weighted by Crippen LogP contribution is 2.30. The largest absolute Gasteiger partial charge is 0.394 e. The molecule has 3 heterocycles. The summed E-state index contributed by atoms with van der Waals surface area (Å²) in [5.41, 5.74) is 3.02. The normalized spacial score (nSPS) is 18.2. The van der Waals surface area contributed by atoms with Gasteiger partial charge in [0, 0.05) is 23.7 Å². The quantitative estimate of drug-likeness (QED) is 0.779. The zero-order valence-electron chi connectivity index (χ0n) is 12.2. The van der Waals surface area contributed by atoms with Gasteiger partial charge in [-0.15, -0.1) is 0 Å². The van der Waals surface area contributed by atoms with Crippen molar-refractivity contribution in [2.75, 3.05) is 18.1 Å². The highest BCUT2D eigenvalue weighted by atomic mass is 16.3. The van der Waals surface area contributed by atoms with Gasteiger partial charge in [0.25, 0.3) is 0 Å². The average molecular weight is 294 g/mol. The minimum atomic E-state index is 0.178. The third kappa shape index (κ3) is 2.14. The van der Waals surface area contributed by atoms with Gasteiger partial charge in [0.05, 0.1) is 18.2 Å². The van der Waals surface area contributed by atoms with Crippen molar-refractivity contribution < 1.29 is 5.11 Å². The molecule has 5 nitrogen and oxygen atoms in total. The van der Waals surface area contributed by atoms with Crippen LogP contribution in [0, 0.1) is 0 Å². The number of aromatic amines is 1. The number of aliphatic hydroxyl groups is 1. The van der Waals surface area contributed by atoms with E-state index in [0.29, 0.717) is 0 Å². The van der Waals surface area contributed by atoms with E-state index in [2.05, 4.69) is 32.2 Å². The maximum Gasteiger partial charge on any atom is 0.129 e. The first-order chi connectivity index (χ1) is 10.9. The average Bonchev–Trinajstić information content (AvgIpc) is 3.21. The zero-order chi connectivity index (χ0) is 14.9. The number of rotatable bonds is 3.